The van der Waals surface area contributed by atoms with Gasteiger partial charge in [-0.15, -0.1) is 36.3 Å². The molecule has 49 heavy (non-hydrogen) atoms. The van der Waals surface area contributed by atoms with Crippen LogP contribution in [-0.4, -0.2) is 5.29 Å². The van der Waals surface area contributed by atoms with Gasteiger partial charge in [-0.2, -0.15) is 0 Å². The first-order chi connectivity index (χ1) is 22.9. The number of allylic oxidation sites excluding steroid dienone is 3. The van der Waals surface area contributed by atoms with E-state index in [2.05, 4.69) is 195 Å². The van der Waals surface area contributed by atoms with Gasteiger partial charge in [-0.05, 0) is 76.6 Å². The van der Waals surface area contributed by atoms with Crippen LogP contribution in [0.2, 0.25) is 0 Å². The van der Waals surface area contributed by atoms with Crippen LogP contribution in [0.3, 0.4) is 0 Å². The Bertz CT molecular complexity index is 2180. The number of halogens is 2. The van der Waals surface area contributed by atoms with Crippen LogP contribution in [0.15, 0.2) is 176 Å². The molecular formula is C44H32Cl2P2Pd. The number of fused-ring (bicyclic) bond motifs is 2. The Hall–Kier alpha value is -3.75. The molecule has 0 N–H and O–H groups in total. The topological polar surface area (TPSA) is 0 Å². The normalized spacial score (nSPS) is 13.4. The molecular weight excluding hydrogens is 768 g/mol. The van der Waals surface area contributed by atoms with Gasteiger partial charge >= 0.3 is 20.4 Å². The molecule has 0 amide bonds. The van der Waals surface area contributed by atoms with Crippen LogP contribution in [0, 0.1) is 6.42 Å². The summed E-state index contributed by atoms with van der Waals surface area (Å²) in [5.74, 6) is 0. The van der Waals surface area contributed by atoms with Gasteiger partial charge < -0.3 is 24.8 Å². The van der Waals surface area contributed by atoms with Crippen molar-refractivity contribution in [2.75, 3.05) is 0 Å². The van der Waals surface area contributed by atoms with Crippen molar-refractivity contribution >= 4 is 65.0 Å². The quantitative estimate of drug-likeness (QED) is 0.138. The Morgan fingerprint density at radius 2 is 1.06 bits per heavy atom. The van der Waals surface area contributed by atoms with Gasteiger partial charge in [0.25, 0.3) is 0 Å². The fraction of sp³-hybridized carbons (Fsp3) is 0. The SMILES string of the molecule is C1=C[CH-]c2ccc(P(c3ccccc3)c3ccccc3)/c(=C3\C(=[P+](c4ccccc4)c4ccccc4)C=Cc4ccccc43)c2=C1.[Cl-].[Cl-].[Pd+2]. The molecule has 0 radical (unpaired) electrons. The third-order valence-corrected chi connectivity index (χ3v) is 13.6. The zero-order valence-corrected chi connectivity index (χ0v) is 31.3. The van der Waals surface area contributed by atoms with Gasteiger partial charge in [-0.1, -0.05) is 133 Å². The second kappa shape index (κ2) is 16.8. The molecule has 0 aromatic heterocycles. The summed E-state index contributed by atoms with van der Waals surface area (Å²) in [6.07, 6.45) is 13.7. The van der Waals surface area contributed by atoms with E-state index in [0.29, 0.717) is 0 Å². The Labute approximate surface area is 317 Å². The summed E-state index contributed by atoms with van der Waals surface area (Å²) in [4.78, 5) is 0. The zero-order valence-electron chi connectivity index (χ0n) is 26.4. The van der Waals surface area contributed by atoms with Gasteiger partial charge in [0.2, 0.25) is 0 Å². The molecule has 0 saturated heterocycles. The Kier molecular flexibility index (Phi) is 12.5. The van der Waals surface area contributed by atoms with E-state index in [1.54, 1.807) is 0 Å². The monoisotopic (exact) mass is 798 g/mol. The summed E-state index contributed by atoms with van der Waals surface area (Å²) in [5.41, 5.74) is 5.18. The molecule has 8 rings (SSSR count). The molecule has 5 heteroatoms. The van der Waals surface area contributed by atoms with E-state index >= 15 is 0 Å². The maximum Gasteiger partial charge on any atom is 2.00 e. The van der Waals surface area contributed by atoms with Crippen LogP contribution in [0.1, 0.15) is 16.7 Å². The van der Waals surface area contributed by atoms with Crippen molar-refractivity contribution in [3.63, 3.8) is 0 Å². The van der Waals surface area contributed by atoms with Crippen molar-refractivity contribution in [1.29, 1.82) is 0 Å². The predicted octanol–water partition coefficient (Wildman–Crippen LogP) is 0.884. The molecule has 0 heterocycles. The summed E-state index contributed by atoms with van der Waals surface area (Å²) in [5, 5.41) is 10.9. The predicted molar refractivity (Wildman–Crippen MR) is 203 cm³/mol. The minimum absolute atomic E-state index is 0. The summed E-state index contributed by atoms with van der Waals surface area (Å²) in [7, 11) is -1.70. The first kappa shape index (κ1) is 36.5. The van der Waals surface area contributed by atoms with Crippen molar-refractivity contribution in [1.82, 2.24) is 0 Å². The van der Waals surface area contributed by atoms with Crippen molar-refractivity contribution in [2.24, 2.45) is 0 Å². The van der Waals surface area contributed by atoms with Gasteiger partial charge in [0, 0.05) is 5.57 Å². The van der Waals surface area contributed by atoms with Gasteiger partial charge in [0.1, 0.15) is 0 Å². The summed E-state index contributed by atoms with van der Waals surface area (Å²) < 4.78 is 0. The summed E-state index contributed by atoms with van der Waals surface area (Å²) in [6, 6.07) is 58.1. The minimum atomic E-state index is -0.852. The van der Waals surface area contributed by atoms with E-state index in [0.717, 1.165) is 0 Å². The van der Waals surface area contributed by atoms with Crippen LogP contribution >= 0.6 is 15.5 Å². The smallest absolute Gasteiger partial charge is 1.00 e. The molecule has 0 nitrogen and oxygen atoms in total. The zero-order chi connectivity index (χ0) is 30.7. The van der Waals surface area contributed by atoms with Crippen LogP contribution in [0.4, 0.5) is 0 Å². The number of rotatable bonds is 5. The average molecular weight is 800 g/mol. The van der Waals surface area contributed by atoms with Gasteiger partial charge in [0.05, 0.1) is 0 Å². The summed E-state index contributed by atoms with van der Waals surface area (Å²) in [6.45, 7) is 0. The van der Waals surface area contributed by atoms with Gasteiger partial charge in [-0.3, -0.25) is 0 Å². The standard InChI is InChI=1S/C44H32P2.2ClH.Pd/c1-5-19-35(20-6-1)45(36-21-7-2-8-22-36)41-31-29-33-17-13-15-27-39(33)43(41)44-40-28-16-14-18-34(40)30-32-42(44)46(37-23-9-3-10-24-37)38-25-11-4-12-26-38;;;/h1-32H;2*1H;/q;;;+2/p-2/b44-43-;;;. The average Bonchev–Trinajstić information content (AvgIpc) is 3.14. The first-order valence-corrected chi connectivity index (χ1v) is 18.4. The van der Waals surface area contributed by atoms with E-state index in [4.69, 9.17) is 0 Å². The van der Waals surface area contributed by atoms with Crippen molar-refractivity contribution in [3.05, 3.63) is 210 Å². The molecule has 0 saturated carbocycles. The molecule has 0 bridgehead atoms. The van der Waals surface area contributed by atoms with Crippen molar-refractivity contribution in [2.45, 2.75) is 0 Å². The fourth-order valence-electron chi connectivity index (χ4n) is 6.58. The third-order valence-electron chi connectivity index (χ3n) is 8.60. The fourth-order valence-corrected chi connectivity index (χ4v) is 11.5. The second-order valence-electron chi connectivity index (χ2n) is 11.4. The van der Waals surface area contributed by atoms with Crippen LogP contribution in [0.25, 0.3) is 17.7 Å². The maximum absolute atomic E-state index is 2.42. The molecule has 6 aromatic carbocycles. The molecule has 0 unspecified atom stereocenters. The third kappa shape index (κ3) is 7.27. The molecule has 0 aliphatic heterocycles. The molecule has 2 aliphatic rings. The maximum atomic E-state index is 2.42. The van der Waals surface area contributed by atoms with E-state index in [1.165, 1.54) is 64.5 Å². The molecule has 242 valence electrons. The van der Waals surface area contributed by atoms with E-state index < -0.39 is 15.5 Å². The molecule has 0 atom stereocenters. The molecule has 0 spiro atoms. The Morgan fingerprint density at radius 1 is 0.531 bits per heavy atom. The molecule has 0 fully saturated rings. The van der Waals surface area contributed by atoms with Gasteiger partial charge in [0.15, 0.2) is 23.4 Å². The number of hydrogen-bond donors (Lipinski definition) is 0. The minimum Gasteiger partial charge on any atom is -1.00 e. The summed E-state index contributed by atoms with van der Waals surface area (Å²) >= 11 is 0. The van der Waals surface area contributed by atoms with Crippen molar-refractivity contribution < 1.29 is 45.2 Å². The van der Waals surface area contributed by atoms with E-state index in [9.17, 15) is 0 Å². The molecule has 2 aliphatic carbocycles. The van der Waals surface area contributed by atoms with Crippen LogP contribution in [-0.2, 0) is 20.4 Å². The van der Waals surface area contributed by atoms with E-state index in [1.807, 2.05) is 0 Å². The van der Waals surface area contributed by atoms with Crippen LogP contribution in [0.5, 0.6) is 0 Å². The molecule has 6 aromatic rings. The van der Waals surface area contributed by atoms with Crippen molar-refractivity contribution in [3.8, 4) is 0 Å². The Balaban J connectivity index is 0.00000156. The Morgan fingerprint density at radius 3 is 1.65 bits per heavy atom. The second-order valence-corrected chi connectivity index (χ2v) is 15.7. The van der Waals surface area contributed by atoms with E-state index in [-0.39, 0.29) is 45.2 Å². The van der Waals surface area contributed by atoms with Crippen LogP contribution < -0.4 is 61.8 Å². The number of hydrogen-bond acceptors (Lipinski definition) is 0. The van der Waals surface area contributed by atoms with Gasteiger partial charge in [-0.25, -0.2) is 0 Å². The largest absolute Gasteiger partial charge is 2.00 e. The first-order valence-electron chi connectivity index (χ1n) is 15.7. The number of benzene rings is 6.